The number of nitrogens with two attached hydrogens (primary N) is 1. The molecular formula is C11H24N2. The molecule has 0 saturated carbocycles. The molecule has 0 aliphatic carbocycles. The van der Waals surface area contributed by atoms with Crippen LogP contribution in [0, 0.1) is 0 Å². The fraction of sp³-hybridized carbons (Fsp3) is 1.00. The molecule has 1 heterocycles. The lowest BCUT2D eigenvalue weighted by molar-refractivity contribution is 0.128. The zero-order chi connectivity index (χ0) is 9.68. The van der Waals surface area contributed by atoms with E-state index < -0.39 is 0 Å². The zero-order valence-electron chi connectivity index (χ0n) is 9.13. The van der Waals surface area contributed by atoms with Crippen LogP contribution < -0.4 is 5.73 Å². The Morgan fingerprint density at radius 3 is 2.69 bits per heavy atom. The Hall–Kier alpha value is -0.0800. The summed E-state index contributed by atoms with van der Waals surface area (Å²) >= 11 is 0. The van der Waals surface area contributed by atoms with Crippen molar-refractivity contribution in [1.29, 1.82) is 0 Å². The van der Waals surface area contributed by atoms with Crippen LogP contribution in [0.4, 0.5) is 0 Å². The number of rotatable bonds is 4. The molecule has 2 atom stereocenters. The van der Waals surface area contributed by atoms with Gasteiger partial charge in [-0.15, -0.1) is 0 Å². The largest absolute Gasteiger partial charge is 0.328 e. The molecule has 0 bridgehead atoms. The summed E-state index contributed by atoms with van der Waals surface area (Å²) in [6.45, 7) is 7.01. The summed E-state index contributed by atoms with van der Waals surface area (Å²) in [5.41, 5.74) is 5.99. The highest BCUT2D eigenvalue weighted by atomic mass is 15.2. The summed E-state index contributed by atoms with van der Waals surface area (Å²) in [4.78, 5) is 2.63. The number of likely N-dealkylation sites (tertiary alicyclic amines) is 1. The van der Waals surface area contributed by atoms with Crippen LogP contribution in [0.5, 0.6) is 0 Å². The van der Waals surface area contributed by atoms with E-state index in [1.54, 1.807) is 0 Å². The molecule has 1 saturated heterocycles. The van der Waals surface area contributed by atoms with E-state index >= 15 is 0 Å². The van der Waals surface area contributed by atoms with Gasteiger partial charge in [-0.05, 0) is 38.8 Å². The molecule has 2 heteroatoms. The number of hydrogen-bond acceptors (Lipinski definition) is 2. The number of hydrogen-bond donors (Lipinski definition) is 1. The van der Waals surface area contributed by atoms with Crippen molar-refractivity contribution >= 4 is 0 Å². The van der Waals surface area contributed by atoms with E-state index in [1.165, 1.54) is 45.2 Å². The standard InChI is InChI=1S/C11H24N2/c1-3-5-11-9-10(12)6-8-13(11)7-4-2/h10-11H,3-9,12H2,1-2H3. The predicted molar refractivity (Wildman–Crippen MR) is 57.8 cm³/mol. The first-order chi connectivity index (χ1) is 6.27. The van der Waals surface area contributed by atoms with Crippen LogP contribution >= 0.6 is 0 Å². The van der Waals surface area contributed by atoms with E-state index in [0.29, 0.717) is 6.04 Å². The van der Waals surface area contributed by atoms with Crippen LogP contribution in [0.15, 0.2) is 0 Å². The molecule has 0 radical (unpaired) electrons. The Morgan fingerprint density at radius 1 is 1.31 bits per heavy atom. The highest BCUT2D eigenvalue weighted by molar-refractivity contribution is 4.82. The molecule has 13 heavy (non-hydrogen) atoms. The SMILES string of the molecule is CCCC1CC(N)CCN1CCC. The third-order valence-electron chi connectivity index (χ3n) is 3.01. The first-order valence-electron chi connectivity index (χ1n) is 5.77. The third kappa shape index (κ3) is 3.28. The number of nitrogens with zero attached hydrogens (tertiary/aromatic N) is 1. The van der Waals surface area contributed by atoms with E-state index in [0.717, 1.165) is 6.04 Å². The lowest BCUT2D eigenvalue weighted by Crippen LogP contribution is -2.47. The molecule has 1 aliphatic heterocycles. The first kappa shape index (κ1) is 11.0. The van der Waals surface area contributed by atoms with Gasteiger partial charge in [0, 0.05) is 12.1 Å². The summed E-state index contributed by atoms with van der Waals surface area (Å²) in [5, 5.41) is 0. The minimum absolute atomic E-state index is 0.463. The predicted octanol–water partition coefficient (Wildman–Crippen LogP) is 1.99. The Morgan fingerprint density at radius 2 is 2.08 bits per heavy atom. The van der Waals surface area contributed by atoms with Gasteiger partial charge in [-0.25, -0.2) is 0 Å². The van der Waals surface area contributed by atoms with Crippen molar-refractivity contribution in [3.63, 3.8) is 0 Å². The van der Waals surface area contributed by atoms with E-state index in [4.69, 9.17) is 5.73 Å². The lowest BCUT2D eigenvalue weighted by atomic mass is 9.94. The van der Waals surface area contributed by atoms with Gasteiger partial charge in [0.2, 0.25) is 0 Å². The van der Waals surface area contributed by atoms with Crippen LogP contribution in [-0.2, 0) is 0 Å². The minimum atomic E-state index is 0.463. The maximum atomic E-state index is 5.99. The molecule has 2 nitrogen and oxygen atoms in total. The molecule has 0 amide bonds. The molecule has 2 unspecified atom stereocenters. The second-order valence-electron chi connectivity index (χ2n) is 4.26. The lowest BCUT2D eigenvalue weighted by Gasteiger charge is -2.38. The van der Waals surface area contributed by atoms with Gasteiger partial charge in [-0.3, -0.25) is 0 Å². The molecule has 0 spiro atoms. The van der Waals surface area contributed by atoms with Crippen LogP contribution in [-0.4, -0.2) is 30.1 Å². The molecule has 1 fully saturated rings. The quantitative estimate of drug-likeness (QED) is 0.724. The maximum Gasteiger partial charge on any atom is 0.0110 e. The van der Waals surface area contributed by atoms with Gasteiger partial charge in [0.25, 0.3) is 0 Å². The van der Waals surface area contributed by atoms with Crippen molar-refractivity contribution in [2.75, 3.05) is 13.1 Å². The van der Waals surface area contributed by atoms with Crippen molar-refractivity contribution in [3.05, 3.63) is 0 Å². The number of piperidine rings is 1. The monoisotopic (exact) mass is 184 g/mol. The topological polar surface area (TPSA) is 29.3 Å². The van der Waals surface area contributed by atoms with Gasteiger partial charge in [0.05, 0.1) is 0 Å². The van der Waals surface area contributed by atoms with Crippen molar-refractivity contribution in [2.24, 2.45) is 5.73 Å². The summed E-state index contributed by atoms with van der Waals surface area (Å²) in [7, 11) is 0. The van der Waals surface area contributed by atoms with E-state index in [9.17, 15) is 0 Å². The summed E-state index contributed by atoms with van der Waals surface area (Å²) in [6.07, 6.45) is 6.30. The summed E-state index contributed by atoms with van der Waals surface area (Å²) < 4.78 is 0. The molecule has 0 aromatic rings. The molecule has 1 aliphatic rings. The van der Waals surface area contributed by atoms with Gasteiger partial charge in [-0.2, -0.15) is 0 Å². The molecule has 1 rings (SSSR count). The normalized spacial score (nSPS) is 30.7. The van der Waals surface area contributed by atoms with Gasteiger partial charge < -0.3 is 10.6 Å². The van der Waals surface area contributed by atoms with Crippen molar-refractivity contribution < 1.29 is 0 Å². The molecule has 0 aromatic heterocycles. The second kappa shape index (κ2) is 5.61. The van der Waals surface area contributed by atoms with Crippen LogP contribution in [0.1, 0.15) is 46.0 Å². The van der Waals surface area contributed by atoms with Crippen LogP contribution in [0.3, 0.4) is 0 Å². The van der Waals surface area contributed by atoms with Gasteiger partial charge in [0.1, 0.15) is 0 Å². The average molecular weight is 184 g/mol. The fourth-order valence-corrected chi connectivity index (χ4v) is 2.35. The highest BCUT2D eigenvalue weighted by Crippen LogP contribution is 2.20. The van der Waals surface area contributed by atoms with E-state index in [-0.39, 0.29) is 0 Å². The van der Waals surface area contributed by atoms with E-state index in [2.05, 4.69) is 18.7 Å². The Labute approximate surface area is 82.5 Å². The maximum absolute atomic E-state index is 5.99. The highest BCUT2D eigenvalue weighted by Gasteiger charge is 2.24. The average Bonchev–Trinajstić information content (AvgIpc) is 2.10. The molecule has 78 valence electrons. The van der Waals surface area contributed by atoms with E-state index in [1.807, 2.05) is 0 Å². The Kier molecular flexibility index (Phi) is 4.74. The van der Waals surface area contributed by atoms with Crippen molar-refractivity contribution in [1.82, 2.24) is 4.90 Å². The van der Waals surface area contributed by atoms with Crippen LogP contribution in [0.2, 0.25) is 0 Å². The minimum Gasteiger partial charge on any atom is -0.328 e. The van der Waals surface area contributed by atoms with Crippen molar-refractivity contribution in [3.8, 4) is 0 Å². The first-order valence-corrected chi connectivity index (χ1v) is 5.77. The zero-order valence-corrected chi connectivity index (χ0v) is 9.13. The smallest absolute Gasteiger partial charge is 0.0110 e. The molecule has 2 N–H and O–H groups in total. The Balaban J connectivity index is 2.40. The summed E-state index contributed by atoms with van der Waals surface area (Å²) in [5.74, 6) is 0. The van der Waals surface area contributed by atoms with Crippen LogP contribution in [0.25, 0.3) is 0 Å². The summed E-state index contributed by atoms with van der Waals surface area (Å²) in [6, 6.07) is 1.23. The molecular weight excluding hydrogens is 160 g/mol. The fourth-order valence-electron chi connectivity index (χ4n) is 2.35. The Bertz CT molecular complexity index is 136. The third-order valence-corrected chi connectivity index (χ3v) is 3.01. The van der Waals surface area contributed by atoms with Crippen molar-refractivity contribution in [2.45, 2.75) is 58.0 Å². The van der Waals surface area contributed by atoms with Gasteiger partial charge in [-0.1, -0.05) is 20.3 Å². The second-order valence-corrected chi connectivity index (χ2v) is 4.26. The van der Waals surface area contributed by atoms with Gasteiger partial charge in [0.15, 0.2) is 0 Å². The molecule has 0 aromatic carbocycles. The van der Waals surface area contributed by atoms with Gasteiger partial charge >= 0.3 is 0 Å².